The Morgan fingerprint density at radius 3 is 2.62 bits per heavy atom. The summed E-state index contributed by atoms with van der Waals surface area (Å²) < 4.78 is 0. The van der Waals surface area contributed by atoms with Crippen LogP contribution in [-0.4, -0.2) is 4.98 Å². The molecule has 1 nitrogen and oxygen atoms in total. The van der Waals surface area contributed by atoms with Gasteiger partial charge in [-0.3, -0.25) is 0 Å². The molecule has 0 saturated carbocycles. The van der Waals surface area contributed by atoms with Crippen LogP contribution in [0.25, 0.3) is 12.2 Å². The molecule has 2 rings (SSSR count). The Hall–Kier alpha value is -1.41. The molecule has 13 heavy (non-hydrogen) atoms. The Balaban J connectivity index is 2.15. The standard InChI is InChI=1S/C11H9NS/c1-2-4-10(5-3-1)6-7-11-8-13-9-12-11/h1-9H. The molecule has 0 aliphatic rings. The second-order valence-corrected chi connectivity index (χ2v) is 3.38. The number of nitrogens with zero attached hydrogens (tertiary/aromatic N) is 1. The molecule has 64 valence electrons. The van der Waals surface area contributed by atoms with Gasteiger partial charge >= 0.3 is 0 Å². The van der Waals surface area contributed by atoms with Gasteiger partial charge in [0.05, 0.1) is 11.2 Å². The zero-order valence-corrected chi connectivity index (χ0v) is 7.87. The number of hydrogen-bond donors (Lipinski definition) is 0. The van der Waals surface area contributed by atoms with E-state index in [0.717, 1.165) is 5.69 Å². The highest BCUT2D eigenvalue weighted by Gasteiger charge is 1.87. The van der Waals surface area contributed by atoms with Crippen LogP contribution in [0.4, 0.5) is 0 Å². The van der Waals surface area contributed by atoms with Crippen molar-refractivity contribution in [2.75, 3.05) is 0 Å². The fourth-order valence-electron chi connectivity index (χ4n) is 1.05. The third-order valence-electron chi connectivity index (χ3n) is 1.70. The van der Waals surface area contributed by atoms with E-state index in [1.807, 2.05) is 35.2 Å². The summed E-state index contributed by atoms with van der Waals surface area (Å²) in [6, 6.07) is 10.2. The minimum atomic E-state index is 1.02. The summed E-state index contributed by atoms with van der Waals surface area (Å²) in [5.41, 5.74) is 4.06. The minimum absolute atomic E-state index is 1.02. The van der Waals surface area contributed by atoms with E-state index in [1.165, 1.54) is 5.56 Å². The summed E-state index contributed by atoms with van der Waals surface area (Å²) in [6.07, 6.45) is 4.08. The normalized spacial score (nSPS) is 10.8. The second-order valence-electron chi connectivity index (χ2n) is 2.66. The molecule has 0 unspecified atom stereocenters. The Labute approximate surface area is 81.4 Å². The van der Waals surface area contributed by atoms with Crippen molar-refractivity contribution in [1.29, 1.82) is 0 Å². The molecule has 0 N–H and O–H groups in total. The van der Waals surface area contributed by atoms with Gasteiger partial charge in [0.1, 0.15) is 0 Å². The van der Waals surface area contributed by atoms with Crippen LogP contribution in [0.5, 0.6) is 0 Å². The van der Waals surface area contributed by atoms with Gasteiger partial charge in [0.15, 0.2) is 0 Å². The van der Waals surface area contributed by atoms with Gasteiger partial charge in [0.2, 0.25) is 0 Å². The van der Waals surface area contributed by atoms with Crippen molar-refractivity contribution >= 4 is 23.5 Å². The van der Waals surface area contributed by atoms with E-state index in [4.69, 9.17) is 0 Å². The first kappa shape index (κ1) is 8.20. The number of rotatable bonds is 2. The van der Waals surface area contributed by atoms with Gasteiger partial charge in [-0.25, -0.2) is 4.98 Å². The average Bonchev–Trinajstić information content (AvgIpc) is 2.69. The van der Waals surface area contributed by atoms with Crippen molar-refractivity contribution in [3.05, 3.63) is 52.5 Å². The molecule has 0 bridgehead atoms. The van der Waals surface area contributed by atoms with Crippen LogP contribution in [0, 0.1) is 0 Å². The average molecular weight is 187 g/mol. The molecule has 2 aromatic rings. The van der Waals surface area contributed by atoms with Gasteiger partial charge in [0, 0.05) is 5.38 Å². The number of aromatic nitrogens is 1. The van der Waals surface area contributed by atoms with E-state index in [2.05, 4.69) is 23.2 Å². The first-order valence-corrected chi connectivity index (χ1v) is 5.01. The molecule has 1 aromatic heterocycles. The molecule has 0 fully saturated rings. The Bertz CT molecular complexity index is 376. The van der Waals surface area contributed by atoms with Gasteiger partial charge in [0.25, 0.3) is 0 Å². The lowest BCUT2D eigenvalue weighted by Crippen LogP contribution is -1.70. The number of hydrogen-bond acceptors (Lipinski definition) is 2. The molecule has 2 heteroatoms. The smallest absolute Gasteiger partial charge is 0.0798 e. The van der Waals surface area contributed by atoms with Crippen LogP contribution >= 0.6 is 11.3 Å². The highest BCUT2D eigenvalue weighted by molar-refractivity contribution is 7.07. The lowest BCUT2D eigenvalue weighted by Gasteiger charge is -1.89. The number of thiazole rings is 1. The van der Waals surface area contributed by atoms with Crippen molar-refractivity contribution in [3.8, 4) is 0 Å². The van der Waals surface area contributed by atoms with Crippen LogP contribution in [0.2, 0.25) is 0 Å². The van der Waals surface area contributed by atoms with E-state index in [0.29, 0.717) is 0 Å². The summed E-state index contributed by atoms with van der Waals surface area (Å²) in [4.78, 5) is 4.16. The lowest BCUT2D eigenvalue weighted by molar-refractivity contribution is 1.39. The van der Waals surface area contributed by atoms with Crippen molar-refractivity contribution in [2.45, 2.75) is 0 Å². The zero-order chi connectivity index (χ0) is 8.93. The van der Waals surface area contributed by atoms with E-state index < -0.39 is 0 Å². The number of benzene rings is 1. The van der Waals surface area contributed by atoms with Gasteiger partial charge < -0.3 is 0 Å². The quantitative estimate of drug-likeness (QED) is 0.702. The zero-order valence-electron chi connectivity index (χ0n) is 7.05. The van der Waals surface area contributed by atoms with Crippen molar-refractivity contribution in [2.24, 2.45) is 0 Å². The minimum Gasteiger partial charge on any atom is -0.245 e. The monoisotopic (exact) mass is 187 g/mol. The first-order valence-electron chi connectivity index (χ1n) is 4.06. The van der Waals surface area contributed by atoms with E-state index >= 15 is 0 Å². The Morgan fingerprint density at radius 1 is 1.08 bits per heavy atom. The molecule has 1 aromatic carbocycles. The molecule has 0 saturated heterocycles. The van der Waals surface area contributed by atoms with Crippen molar-refractivity contribution in [3.63, 3.8) is 0 Å². The maximum Gasteiger partial charge on any atom is 0.0798 e. The predicted molar refractivity (Wildman–Crippen MR) is 57.5 cm³/mol. The van der Waals surface area contributed by atoms with Gasteiger partial charge in [-0.1, -0.05) is 36.4 Å². The van der Waals surface area contributed by atoms with Crippen LogP contribution in [0.3, 0.4) is 0 Å². The molecule has 1 heterocycles. The van der Waals surface area contributed by atoms with Crippen molar-refractivity contribution < 1.29 is 0 Å². The molecular weight excluding hydrogens is 178 g/mol. The van der Waals surface area contributed by atoms with E-state index in [9.17, 15) is 0 Å². The first-order chi connectivity index (χ1) is 6.45. The fraction of sp³-hybridized carbons (Fsp3) is 0. The molecular formula is C11H9NS. The molecule has 0 amide bonds. The van der Waals surface area contributed by atoms with Crippen molar-refractivity contribution in [1.82, 2.24) is 4.98 Å². The maximum atomic E-state index is 4.16. The van der Waals surface area contributed by atoms with E-state index in [1.54, 1.807) is 11.3 Å². The van der Waals surface area contributed by atoms with E-state index in [-0.39, 0.29) is 0 Å². The molecule has 0 spiro atoms. The van der Waals surface area contributed by atoms with Crippen LogP contribution in [0.1, 0.15) is 11.3 Å². The van der Waals surface area contributed by atoms with Gasteiger partial charge in [-0.05, 0) is 11.6 Å². The SMILES string of the molecule is C(=Cc1cscn1)c1ccccc1. The molecule has 0 aliphatic heterocycles. The third-order valence-corrected chi connectivity index (χ3v) is 2.30. The summed E-state index contributed by atoms with van der Waals surface area (Å²) in [7, 11) is 0. The molecule has 0 radical (unpaired) electrons. The lowest BCUT2D eigenvalue weighted by atomic mass is 10.2. The van der Waals surface area contributed by atoms with Crippen LogP contribution in [0.15, 0.2) is 41.2 Å². The topological polar surface area (TPSA) is 12.9 Å². The van der Waals surface area contributed by atoms with Crippen LogP contribution < -0.4 is 0 Å². The largest absolute Gasteiger partial charge is 0.245 e. The molecule has 0 aliphatic carbocycles. The summed E-state index contributed by atoms with van der Waals surface area (Å²) >= 11 is 1.61. The van der Waals surface area contributed by atoms with Gasteiger partial charge in [-0.2, -0.15) is 0 Å². The summed E-state index contributed by atoms with van der Waals surface area (Å²) in [5, 5.41) is 2.03. The summed E-state index contributed by atoms with van der Waals surface area (Å²) in [5.74, 6) is 0. The third kappa shape index (κ3) is 2.26. The molecule has 0 atom stereocenters. The highest BCUT2D eigenvalue weighted by atomic mass is 32.1. The Kier molecular flexibility index (Phi) is 2.53. The van der Waals surface area contributed by atoms with Gasteiger partial charge in [-0.15, -0.1) is 11.3 Å². The highest BCUT2D eigenvalue weighted by Crippen LogP contribution is 2.07. The predicted octanol–water partition coefficient (Wildman–Crippen LogP) is 3.31. The Morgan fingerprint density at radius 2 is 1.92 bits per heavy atom. The summed E-state index contributed by atoms with van der Waals surface area (Å²) in [6.45, 7) is 0. The van der Waals surface area contributed by atoms with Crippen LogP contribution in [-0.2, 0) is 0 Å². The fourth-order valence-corrected chi connectivity index (χ4v) is 1.57. The second kappa shape index (κ2) is 4.01. The maximum absolute atomic E-state index is 4.16.